The molecule has 2 aromatic carbocycles. The number of rotatable bonds is 1. The Balaban J connectivity index is 2.18. The van der Waals surface area contributed by atoms with Crippen LogP contribution in [0.3, 0.4) is 0 Å². The number of hydrogen-bond acceptors (Lipinski definition) is 4. The van der Waals surface area contributed by atoms with Gasteiger partial charge in [0.2, 0.25) is 0 Å². The van der Waals surface area contributed by atoms with Gasteiger partial charge in [-0.05, 0) is 36.4 Å². The second kappa shape index (κ2) is 4.70. The molecule has 0 aliphatic carbocycles. The number of aromatic hydroxyl groups is 2. The normalized spacial score (nSPS) is 11.1. The lowest BCUT2D eigenvalue weighted by Gasteiger charge is -2.11. The van der Waals surface area contributed by atoms with Crippen molar-refractivity contribution in [3.8, 4) is 22.6 Å². The monoisotopic (exact) mass is 288 g/mol. The molecule has 2 N–H and O–H groups in total. The summed E-state index contributed by atoms with van der Waals surface area (Å²) in [4.78, 5) is 8.86. The van der Waals surface area contributed by atoms with Crippen LogP contribution in [0.25, 0.3) is 32.9 Å². The molecule has 106 valence electrons. The van der Waals surface area contributed by atoms with E-state index in [2.05, 4.69) is 9.97 Å². The third-order valence-corrected chi connectivity index (χ3v) is 3.74. The summed E-state index contributed by atoms with van der Waals surface area (Å²) in [5.74, 6) is 0.193. The molecule has 0 spiro atoms. The first-order valence-electron chi connectivity index (χ1n) is 6.89. The molecule has 0 fully saturated rings. The summed E-state index contributed by atoms with van der Waals surface area (Å²) < 4.78 is 0. The van der Waals surface area contributed by atoms with Gasteiger partial charge in [0.25, 0.3) is 0 Å². The first-order valence-corrected chi connectivity index (χ1v) is 6.89. The van der Waals surface area contributed by atoms with Gasteiger partial charge < -0.3 is 10.2 Å². The van der Waals surface area contributed by atoms with Gasteiger partial charge in [-0.15, -0.1) is 0 Å². The number of aromatic nitrogens is 2. The maximum atomic E-state index is 10.2. The highest BCUT2D eigenvalue weighted by Crippen LogP contribution is 2.38. The molecule has 4 rings (SSSR count). The van der Waals surface area contributed by atoms with E-state index >= 15 is 0 Å². The molecule has 0 radical (unpaired) electrons. The van der Waals surface area contributed by atoms with Crippen molar-refractivity contribution >= 4 is 21.8 Å². The Kier molecular flexibility index (Phi) is 2.69. The van der Waals surface area contributed by atoms with Crippen LogP contribution < -0.4 is 0 Å². The lowest BCUT2D eigenvalue weighted by Crippen LogP contribution is -1.89. The van der Waals surface area contributed by atoms with E-state index in [0.29, 0.717) is 5.56 Å². The van der Waals surface area contributed by atoms with Crippen LogP contribution >= 0.6 is 0 Å². The van der Waals surface area contributed by atoms with Gasteiger partial charge >= 0.3 is 0 Å². The molecule has 0 saturated carbocycles. The quantitative estimate of drug-likeness (QED) is 0.412. The van der Waals surface area contributed by atoms with Crippen molar-refractivity contribution in [2.75, 3.05) is 0 Å². The molecule has 0 atom stereocenters. The van der Waals surface area contributed by atoms with Gasteiger partial charge in [0, 0.05) is 34.3 Å². The van der Waals surface area contributed by atoms with Crippen LogP contribution in [0.5, 0.6) is 11.5 Å². The summed E-state index contributed by atoms with van der Waals surface area (Å²) >= 11 is 0. The summed E-state index contributed by atoms with van der Waals surface area (Å²) in [5.41, 5.74) is 2.87. The average molecular weight is 288 g/mol. The summed E-state index contributed by atoms with van der Waals surface area (Å²) in [5, 5.41) is 21.9. The molecule has 0 unspecified atom stereocenters. The zero-order valence-corrected chi connectivity index (χ0v) is 11.6. The lowest BCUT2D eigenvalue weighted by molar-refractivity contribution is 0.462. The highest BCUT2D eigenvalue weighted by molar-refractivity contribution is 6.11. The van der Waals surface area contributed by atoms with Gasteiger partial charge in [-0.3, -0.25) is 9.97 Å². The zero-order valence-electron chi connectivity index (χ0n) is 11.6. The summed E-state index contributed by atoms with van der Waals surface area (Å²) in [7, 11) is 0. The molecular weight excluding hydrogens is 276 g/mol. The van der Waals surface area contributed by atoms with E-state index in [0.717, 1.165) is 27.4 Å². The first kappa shape index (κ1) is 12.6. The fraction of sp³-hybridized carbons (Fsp3) is 0. The van der Waals surface area contributed by atoms with Crippen molar-refractivity contribution < 1.29 is 10.2 Å². The maximum absolute atomic E-state index is 10.2. The highest BCUT2D eigenvalue weighted by Gasteiger charge is 2.13. The molecular formula is C18H12N2O2. The Bertz CT molecular complexity index is 1010. The van der Waals surface area contributed by atoms with Crippen LogP contribution in [0, 0.1) is 0 Å². The summed E-state index contributed by atoms with van der Waals surface area (Å²) in [6, 6.07) is 14.1. The molecule has 2 aromatic heterocycles. The van der Waals surface area contributed by atoms with Gasteiger partial charge in [0.15, 0.2) is 0 Å². The van der Waals surface area contributed by atoms with E-state index in [-0.39, 0.29) is 11.5 Å². The van der Waals surface area contributed by atoms with E-state index in [1.807, 2.05) is 30.3 Å². The topological polar surface area (TPSA) is 66.2 Å². The first-order chi connectivity index (χ1) is 10.7. The smallest absolute Gasteiger partial charge is 0.123 e. The van der Waals surface area contributed by atoms with Crippen LogP contribution in [0.1, 0.15) is 0 Å². The largest absolute Gasteiger partial charge is 0.508 e. The van der Waals surface area contributed by atoms with E-state index in [1.165, 1.54) is 18.2 Å². The van der Waals surface area contributed by atoms with Crippen molar-refractivity contribution in [2.24, 2.45) is 0 Å². The highest BCUT2D eigenvalue weighted by atomic mass is 16.3. The van der Waals surface area contributed by atoms with E-state index in [4.69, 9.17) is 0 Å². The lowest BCUT2D eigenvalue weighted by atomic mass is 9.98. The summed E-state index contributed by atoms with van der Waals surface area (Å²) in [6.45, 7) is 0. The Morgan fingerprint density at radius 2 is 1.50 bits per heavy atom. The molecule has 0 saturated heterocycles. The van der Waals surface area contributed by atoms with Crippen molar-refractivity contribution in [3.05, 3.63) is 60.9 Å². The molecule has 0 aliphatic rings. The Morgan fingerprint density at radius 3 is 2.36 bits per heavy atom. The van der Waals surface area contributed by atoms with Gasteiger partial charge in [0.1, 0.15) is 11.5 Å². The summed E-state index contributed by atoms with van der Waals surface area (Å²) in [6.07, 6.45) is 3.45. The van der Waals surface area contributed by atoms with Gasteiger partial charge in [0.05, 0.1) is 11.0 Å². The minimum atomic E-state index is 0.0954. The van der Waals surface area contributed by atoms with E-state index in [1.54, 1.807) is 12.4 Å². The van der Waals surface area contributed by atoms with Crippen molar-refractivity contribution in [3.63, 3.8) is 0 Å². The van der Waals surface area contributed by atoms with Gasteiger partial charge in [-0.2, -0.15) is 0 Å². The number of fused-ring (bicyclic) bond motifs is 3. The van der Waals surface area contributed by atoms with Crippen LogP contribution in [-0.2, 0) is 0 Å². The Labute approximate surface area is 126 Å². The molecule has 4 heteroatoms. The fourth-order valence-corrected chi connectivity index (χ4v) is 2.75. The second-order valence-corrected chi connectivity index (χ2v) is 5.10. The SMILES string of the molecule is Oc1ccc(O)c(-c2cc3ncccc3c3cccnc23)c1. The van der Waals surface area contributed by atoms with Gasteiger partial charge in [-0.1, -0.05) is 12.1 Å². The van der Waals surface area contributed by atoms with Crippen molar-refractivity contribution in [1.82, 2.24) is 9.97 Å². The third kappa shape index (κ3) is 1.85. The maximum Gasteiger partial charge on any atom is 0.123 e. The van der Waals surface area contributed by atoms with Crippen molar-refractivity contribution in [1.29, 1.82) is 0 Å². The van der Waals surface area contributed by atoms with Crippen molar-refractivity contribution in [2.45, 2.75) is 0 Å². The second-order valence-electron chi connectivity index (χ2n) is 5.10. The third-order valence-electron chi connectivity index (χ3n) is 3.74. The Hall–Kier alpha value is -3.14. The molecule has 0 amide bonds. The molecule has 0 bridgehead atoms. The average Bonchev–Trinajstić information content (AvgIpc) is 2.56. The molecule has 4 nitrogen and oxygen atoms in total. The minimum absolute atomic E-state index is 0.0954. The van der Waals surface area contributed by atoms with Crippen LogP contribution in [0.4, 0.5) is 0 Å². The van der Waals surface area contributed by atoms with E-state index in [9.17, 15) is 10.2 Å². The zero-order chi connectivity index (χ0) is 15.1. The predicted octanol–water partition coefficient (Wildman–Crippen LogP) is 3.86. The number of nitrogens with zero attached hydrogens (tertiary/aromatic N) is 2. The van der Waals surface area contributed by atoms with Crippen LogP contribution in [0.2, 0.25) is 0 Å². The number of hydrogen-bond donors (Lipinski definition) is 2. The number of pyridine rings is 2. The Morgan fingerprint density at radius 1 is 0.727 bits per heavy atom. The molecule has 22 heavy (non-hydrogen) atoms. The van der Waals surface area contributed by atoms with Crippen LogP contribution in [-0.4, -0.2) is 20.2 Å². The minimum Gasteiger partial charge on any atom is -0.508 e. The molecule has 2 heterocycles. The molecule has 4 aromatic rings. The fourth-order valence-electron chi connectivity index (χ4n) is 2.75. The van der Waals surface area contributed by atoms with Gasteiger partial charge in [-0.25, -0.2) is 0 Å². The standard InChI is InChI=1S/C18H12N2O2/c21-11-5-6-17(22)14(9-11)15-10-16-12(3-1-7-19-16)13-4-2-8-20-18(13)15/h1-10,21-22H. The van der Waals surface area contributed by atoms with Crippen LogP contribution in [0.15, 0.2) is 60.9 Å². The van der Waals surface area contributed by atoms with E-state index < -0.39 is 0 Å². The number of phenols is 2. The predicted molar refractivity (Wildman–Crippen MR) is 85.8 cm³/mol. The number of benzene rings is 2. The molecule has 0 aliphatic heterocycles. The number of phenolic OH excluding ortho intramolecular Hbond substituents is 2.